The van der Waals surface area contributed by atoms with Gasteiger partial charge in [0.05, 0.1) is 18.7 Å². The number of hydrogen-bond acceptors (Lipinski definition) is 4. The van der Waals surface area contributed by atoms with E-state index in [0.717, 1.165) is 5.56 Å². The Labute approximate surface area is 178 Å². The van der Waals surface area contributed by atoms with Crippen molar-refractivity contribution in [3.8, 4) is 17.2 Å². The van der Waals surface area contributed by atoms with Crippen LogP contribution in [0.15, 0.2) is 66.7 Å². The fourth-order valence-corrected chi connectivity index (χ4v) is 3.50. The molecule has 0 saturated heterocycles. The third kappa shape index (κ3) is 4.23. The van der Waals surface area contributed by atoms with Crippen molar-refractivity contribution in [2.75, 3.05) is 17.7 Å². The van der Waals surface area contributed by atoms with Crippen LogP contribution in [0.1, 0.15) is 17.9 Å². The molecule has 0 fully saturated rings. The number of anilines is 2. The van der Waals surface area contributed by atoms with Crippen molar-refractivity contribution in [3.63, 3.8) is 0 Å². The lowest BCUT2D eigenvalue weighted by Gasteiger charge is -2.25. The molecule has 1 atom stereocenters. The first-order chi connectivity index (χ1) is 14.5. The molecule has 1 aliphatic rings. The molecule has 0 spiro atoms. The van der Waals surface area contributed by atoms with E-state index in [-0.39, 0.29) is 18.2 Å². The molecule has 3 aromatic carbocycles. The Hall–Kier alpha value is -3.51. The van der Waals surface area contributed by atoms with Gasteiger partial charge in [-0.2, -0.15) is 0 Å². The highest BCUT2D eigenvalue weighted by Gasteiger charge is 2.31. The number of carbonyl (C=O) groups excluding carboxylic acids is 2. The summed E-state index contributed by atoms with van der Waals surface area (Å²) in [5.74, 6) is 0.611. The first-order valence-electron chi connectivity index (χ1n) is 9.34. The van der Waals surface area contributed by atoms with Gasteiger partial charge in [0.1, 0.15) is 11.5 Å². The summed E-state index contributed by atoms with van der Waals surface area (Å²) in [6.45, 7) is 0. The zero-order chi connectivity index (χ0) is 21.1. The topological polar surface area (TPSA) is 76.7 Å². The molecule has 4 rings (SSSR count). The zero-order valence-electron chi connectivity index (χ0n) is 16.1. The van der Waals surface area contributed by atoms with Crippen molar-refractivity contribution in [1.82, 2.24) is 0 Å². The van der Waals surface area contributed by atoms with Crippen molar-refractivity contribution in [3.05, 3.63) is 77.3 Å². The van der Waals surface area contributed by atoms with Gasteiger partial charge in [-0.25, -0.2) is 0 Å². The van der Waals surface area contributed by atoms with Gasteiger partial charge < -0.3 is 20.1 Å². The van der Waals surface area contributed by atoms with Gasteiger partial charge in [0, 0.05) is 17.1 Å². The summed E-state index contributed by atoms with van der Waals surface area (Å²) in [5, 5.41) is 6.12. The van der Waals surface area contributed by atoms with Crippen molar-refractivity contribution in [2.24, 2.45) is 0 Å². The smallest absolute Gasteiger partial charge is 0.232 e. The molecule has 1 heterocycles. The summed E-state index contributed by atoms with van der Waals surface area (Å²) in [4.78, 5) is 25.1. The largest absolute Gasteiger partial charge is 0.497 e. The Morgan fingerprint density at radius 1 is 1.07 bits per heavy atom. The third-order valence-electron chi connectivity index (χ3n) is 4.80. The number of halogens is 1. The molecule has 152 valence electrons. The van der Waals surface area contributed by atoms with E-state index in [1.807, 2.05) is 18.2 Å². The number of methoxy groups -OCH3 is 1. The fraction of sp³-hybridized carbons (Fsp3) is 0.130. The Morgan fingerprint density at radius 3 is 2.57 bits per heavy atom. The minimum atomic E-state index is -0.609. The number of benzene rings is 3. The minimum Gasteiger partial charge on any atom is -0.497 e. The predicted octanol–water partition coefficient (Wildman–Crippen LogP) is 5.21. The summed E-state index contributed by atoms with van der Waals surface area (Å²) in [5.41, 5.74) is 1.84. The van der Waals surface area contributed by atoms with Crippen LogP contribution in [0.3, 0.4) is 0 Å². The maximum Gasteiger partial charge on any atom is 0.232 e. The van der Waals surface area contributed by atoms with Gasteiger partial charge in [-0.1, -0.05) is 29.8 Å². The molecular formula is C23H19ClN2O4. The molecule has 7 heteroatoms. The number of fused-ring (bicyclic) bond motifs is 1. The van der Waals surface area contributed by atoms with E-state index in [4.69, 9.17) is 21.1 Å². The average molecular weight is 423 g/mol. The molecular weight excluding hydrogens is 404 g/mol. The lowest BCUT2D eigenvalue weighted by atomic mass is 9.90. The van der Waals surface area contributed by atoms with Crippen LogP contribution in [-0.4, -0.2) is 18.9 Å². The van der Waals surface area contributed by atoms with Crippen molar-refractivity contribution in [1.29, 1.82) is 0 Å². The summed E-state index contributed by atoms with van der Waals surface area (Å²) >= 11 is 6.15. The number of nitrogens with one attached hydrogen (secondary N) is 2. The first-order valence-corrected chi connectivity index (χ1v) is 9.72. The van der Waals surface area contributed by atoms with E-state index in [2.05, 4.69) is 10.6 Å². The second kappa shape index (κ2) is 8.47. The van der Waals surface area contributed by atoms with Crippen LogP contribution in [0, 0.1) is 0 Å². The van der Waals surface area contributed by atoms with E-state index < -0.39 is 5.92 Å². The SMILES string of the molecule is COc1ccc(Oc2ccc(Cl)cc2NC(=O)[C@@H]2CC(=O)Nc3ccccc32)cc1. The van der Waals surface area contributed by atoms with E-state index >= 15 is 0 Å². The highest BCUT2D eigenvalue weighted by molar-refractivity contribution is 6.31. The molecule has 0 radical (unpaired) electrons. The maximum atomic E-state index is 13.1. The molecule has 0 bridgehead atoms. The van der Waals surface area contributed by atoms with Crippen LogP contribution in [0.25, 0.3) is 0 Å². The number of hydrogen-bond donors (Lipinski definition) is 2. The van der Waals surface area contributed by atoms with Crippen LogP contribution >= 0.6 is 11.6 Å². The van der Waals surface area contributed by atoms with E-state index in [1.54, 1.807) is 55.6 Å². The van der Waals surface area contributed by atoms with Gasteiger partial charge in [0.25, 0.3) is 0 Å². The van der Waals surface area contributed by atoms with Gasteiger partial charge in [-0.15, -0.1) is 0 Å². The molecule has 3 aromatic rings. The zero-order valence-corrected chi connectivity index (χ0v) is 16.9. The van der Waals surface area contributed by atoms with Crippen molar-refractivity contribution < 1.29 is 19.1 Å². The molecule has 1 aliphatic heterocycles. The summed E-state index contributed by atoms with van der Waals surface area (Å²) in [7, 11) is 1.59. The minimum absolute atomic E-state index is 0.0675. The van der Waals surface area contributed by atoms with Gasteiger partial charge >= 0.3 is 0 Å². The predicted molar refractivity (Wildman–Crippen MR) is 116 cm³/mol. The highest BCUT2D eigenvalue weighted by Crippen LogP contribution is 2.36. The number of rotatable bonds is 5. The maximum absolute atomic E-state index is 13.1. The molecule has 2 N–H and O–H groups in total. The van der Waals surface area contributed by atoms with Gasteiger partial charge in [-0.05, 0) is 54.1 Å². The van der Waals surface area contributed by atoms with Gasteiger partial charge in [-0.3, -0.25) is 9.59 Å². The summed E-state index contributed by atoms with van der Waals surface area (Å²) in [6.07, 6.45) is 0.0675. The van der Waals surface area contributed by atoms with Crippen LogP contribution in [0.2, 0.25) is 5.02 Å². The number of amides is 2. The molecule has 0 aromatic heterocycles. The molecule has 6 nitrogen and oxygen atoms in total. The lowest BCUT2D eigenvalue weighted by molar-refractivity contribution is -0.123. The van der Waals surface area contributed by atoms with Crippen LogP contribution in [0.4, 0.5) is 11.4 Å². The van der Waals surface area contributed by atoms with Crippen LogP contribution in [-0.2, 0) is 9.59 Å². The summed E-state index contributed by atoms with van der Waals surface area (Å²) in [6, 6.07) is 19.3. The second-order valence-corrected chi connectivity index (χ2v) is 7.24. The van der Waals surface area contributed by atoms with Crippen molar-refractivity contribution >= 4 is 34.8 Å². The Balaban J connectivity index is 1.59. The molecule has 0 saturated carbocycles. The van der Waals surface area contributed by atoms with E-state index in [1.165, 1.54) is 0 Å². The molecule has 2 amide bonds. The van der Waals surface area contributed by atoms with Crippen LogP contribution in [0.5, 0.6) is 17.2 Å². The van der Waals surface area contributed by atoms with Crippen molar-refractivity contribution in [2.45, 2.75) is 12.3 Å². The summed E-state index contributed by atoms with van der Waals surface area (Å²) < 4.78 is 11.1. The molecule has 0 unspecified atom stereocenters. The fourth-order valence-electron chi connectivity index (χ4n) is 3.32. The van der Waals surface area contributed by atoms with E-state index in [0.29, 0.717) is 33.6 Å². The molecule has 30 heavy (non-hydrogen) atoms. The average Bonchev–Trinajstić information content (AvgIpc) is 2.75. The first kappa shape index (κ1) is 19.8. The number of para-hydroxylation sites is 1. The monoisotopic (exact) mass is 422 g/mol. The quantitative estimate of drug-likeness (QED) is 0.592. The van der Waals surface area contributed by atoms with Gasteiger partial charge in [0.15, 0.2) is 5.75 Å². The van der Waals surface area contributed by atoms with E-state index in [9.17, 15) is 9.59 Å². The normalized spacial score (nSPS) is 15.0. The Kier molecular flexibility index (Phi) is 5.59. The lowest BCUT2D eigenvalue weighted by Crippen LogP contribution is -2.30. The van der Waals surface area contributed by atoms with Crippen LogP contribution < -0.4 is 20.1 Å². The Morgan fingerprint density at radius 2 is 1.80 bits per heavy atom. The number of carbonyl (C=O) groups is 2. The third-order valence-corrected chi connectivity index (χ3v) is 5.04. The Bertz CT molecular complexity index is 1100. The van der Waals surface area contributed by atoms with Gasteiger partial charge in [0.2, 0.25) is 11.8 Å². The number of ether oxygens (including phenoxy) is 2. The molecule has 0 aliphatic carbocycles. The standard InChI is InChI=1S/C23H19ClN2O4/c1-29-15-7-9-16(10-8-15)30-21-11-6-14(24)12-20(21)26-23(28)18-13-22(27)25-19-5-3-2-4-17(18)19/h2-12,18H,13H2,1H3,(H,25,27)(H,26,28)/t18-/m1/s1. The highest BCUT2D eigenvalue weighted by atomic mass is 35.5. The second-order valence-electron chi connectivity index (χ2n) is 6.80.